The third kappa shape index (κ3) is 2.52. The minimum Gasteiger partial charge on any atom is -0.350 e. The molecule has 0 aliphatic carbocycles. The number of pyridine rings is 1. The highest BCUT2D eigenvalue weighted by atomic mass is 16.1. The zero-order chi connectivity index (χ0) is 18.4. The van der Waals surface area contributed by atoms with Crippen LogP contribution in [0.3, 0.4) is 0 Å². The van der Waals surface area contributed by atoms with Crippen molar-refractivity contribution in [3.63, 3.8) is 0 Å². The number of fused-ring (bicyclic) bond motifs is 3. The summed E-state index contributed by atoms with van der Waals surface area (Å²) in [5.41, 5.74) is 7.05. The predicted molar refractivity (Wildman–Crippen MR) is 102 cm³/mol. The lowest BCUT2D eigenvalue weighted by atomic mass is 9.90. The number of aryl methyl sites for hydroxylation is 1. The third-order valence-electron chi connectivity index (χ3n) is 5.24. The third-order valence-corrected chi connectivity index (χ3v) is 5.24. The van der Waals surface area contributed by atoms with Gasteiger partial charge < -0.3 is 9.72 Å². The molecular weight excluding hydrogens is 338 g/mol. The van der Waals surface area contributed by atoms with Crippen LogP contribution < -0.4 is 5.32 Å². The normalized spacial score (nSPS) is 16.8. The molecular formula is C21H19N5O. The maximum atomic E-state index is 12.4. The summed E-state index contributed by atoms with van der Waals surface area (Å²) >= 11 is 0. The van der Waals surface area contributed by atoms with Crippen molar-refractivity contribution in [3.05, 3.63) is 77.4 Å². The average molecular weight is 357 g/mol. The first-order chi connectivity index (χ1) is 13.2. The number of benzene rings is 1. The Morgan fingerprint density at radius 3 is 2.85 bits per heavy atom. The number of amides is 1. The Balaban J connectivity index is 1.74. The maximum absolute atomic E-state index is 12.4. The van der Waals surface area contributed by atoms with Gasteiger partial charge in [-0.15, -0.1) is 0 Å². The van der Waals surface area contributed by atoms with Gasteiger partial charge in [-0.25, -0.2) is 4.98 Å². The molecule has 1 atom stereocenters. The van der Waals surface area contributed by atoms with Crippen molar-refractivity contribution < 1.29 is 4.79 Å². The Bertz CT molecular complexity index is 1140. The van der Waals surface area contributed by atoms with Crippen molar-refractivity contribution in [3.8, 4) is 11.3 Å². The van der Waals surface area contributed by atoms with E-state index in [1.54, 1.807) is 0 Å². The second kappa shape index (κ2) is 6.09. The zero-order valence-electron chi connectivity index (χ0n) is 14.9. The molecule has 0 fully saturated rings. The summed E-state index contributed by atoms with van der Waals surface area (Å²) in [5.74, 6) is -0.0899. The fourth-order valence-electron chi connectivity index (χ4n) is 3.96. The minimum absolute atomic E-state index is 0.0274. The molecule has 6 heteroatoms. The van der Waals surface area contributed by atoms with E-state index in [9.17, 15) is 4.79 Å². The van der Waals surface area contributed by atoms with Gasteiger partial charge in [0.25, 0.3) is 0 Å². The molecule has 5 rings (SSSR count). The molecule has 1 aromatic carbocycles. The highest BCUT2D eigenvalue weighted by molar-refractivity contribution is 5.79. The number of hydrogen-bond donors (Lipinski definition) is 2. The van der Waals surface area contributed by atoms with Gasteiger partial charge in [0, 0.05) is 24.1 Å². The van der Waals surface area contributed by atoms with E-state index in [1.807, 2.05) is 48.8 Å². The van der Waals surface area contributed by atoms with E-state index in [2.05, 4.69) is 32.9 Å². The molecule has 6 nitrogen and oxygen atoms in total. The summed E-state index contributed by atoms with van der Waals surface area (Å²) in [6, 6.07) is 14.2. The van der Waals surface area contributed by atoms with Crippen LogP contribution in [0, 0.1) is 6.92 Å². The van der Waals surface area contributed by atoms with Gasteiger partial charge in [-0.1, -0.05) is 36.4 Å². The first kappa shape index (κ1) is 15.8. The summed E-state index contributed by atoms with van der Waals surface area (Å²) < 4.78 is 2.12. The maximum Gasteiger partial charge on any atom is 0.221 e. The van der Waals surface area contributed by atoms with Crippen molar-refractivity contribution >= 4 is 11.6 Å². The lowest BCUT2D eigenvalue weighted by Crippen LogP contribution is -2.21. The Hall–Kier alpha value is -3.41. The summed E-state index contributed by atoms with van der Waals surface area (Å²) in [7, 11) is 0. The molecule has 1 unspecified atom stereocenters. The minimum atomic E-state index is -0.117. The monoisotopic (exact) mass is 357 g/mol. The summed E-state index contributed by atoms with van der Waals surface area (Å²) in [6.07, 6.45) is 4.23. The lowest BCUT2D eigenvalue weighted by Gasteiger charge is -2.16. The van der Waals surface area contributed by atoms with E-state index in [0.717, 1.165) is 39.4 Å². The quantitative estimate of drug-likeness (QED) is 0.578. The SMILES string of the molecule is Cc1cccn2c3c(nc12)CNC(=O)CC3c1cn[nH]c1-c1ccccc1. The van der Waals surface area contributed by atoms with E-state index in [4.69, 9.17) is 4.98 Å². The average Bonchev–Trinajstić information content (AvgIpc) is 3.27. The molecule has 0 bridgehead atoms. The molecule has 4 aromatic rings. The molecule has 4 heterocycles. The Labute approximate surface area is 156 Å². The molecule has 1 aliphatic rings. The van der Waals surface area contributed by atoms with Gasteiger partial charge in [0.1, 0.15) is 5.65 Å². The topological polar surface area (TPSA) is 75.1 Å². The Kier molecular flexibility index (Phi) is 3.57. The first-order valence-corrected chi connectivity index (χ1v) is 9.04. The van der Waals surface area contributed by atoms with Gasteiger partial charge in [0.2, 0.25) is 5.91 Å². The van der Waals surface area contributed by atoms with Crippen LogP contribution in [0.5, 0.6) is 0 Å². The summed E-state index contributed by atoms with van der Waals surface area (Å²) in [6.45, 7) is 2.51. The van der Waals surface area contributed by atoms with Crippen LogP contribution in [0.4, 0.5) is 0 Å². The number of nitrogens with one attached hydrogen (secondary N) is 2. The van der Waals surface area contributed by atoms with Gasteiger partial charge in [0.15, 0.2) is 0 Å². The van der Waals surface area contributed by atoms with Crippen molar-refractivity contribution in [2.75, 3.05) is 0 Å². The largest absolute Gasteiger partial charge is 0.350 e. The zero-order valence-corrected chi connectivity index (χ0v) is 14.9. The lowest BCUT2D eigenvalue weighted by molar-refractivity contribution is -0.121. The van der Waals surface area contributed by atoms with Crippen LogP contribution in [-0.2, 0) is 11.3 Å². The molecule has 1 aliphatic heterocycles. The molecule has 1 amide bonds. The first-order valence-electron chi connectivity index (χ1n) is 9.04. The number of imidazole rings is 1. The number of carbonyl (C=O) groups excluding carboxylic acids is 1. The van der Waals surface area contributed by atoms with Crippen LogP contribution >= 0.6 is 0 Å². The summed E-state index contributed by atoms with van der Waals surface area (Å²) in [5, 5.41) is 10.4. The van der Waals surface area contributed by atoms with Gasteiger partial charge in [-0.2, -0.15) is 5.10 Å². The van der Waals surface area contributed by atoms with Gasteiger partial charge in [0.05, 0.1) is 29.8 Å². The highest BCUT2D eigenvalue weighted by Gasteiger charge is 2.31. The highest BCUT2D eigenvalue weighted by Crippen LogP contribution is 2.37. The fraction of sp³-hybridized carbons (Fsp3) is 0.190. The second-order valence-electron chi connectivity index (χ2n) is 6.93. The van der Waals surface area contributed by atoms with E-state index in [-0.39, 0.29) is 11.8 Å². The predicted octanol–water partition coefficient (Wildman–Crippen LogP) is 3.18. The van der Waals surface area contributed by atoms with Crippen molar-refractivity contribution in [2.24, 2.45) is 0 Å². The number of carbonyl (C=O) groups is 1. The second-order valence-corrected chi connectivity index (χ2v) is 6.93. The molecule has 0 saturated carbocycles. The molecule has 2 N–H and O–H groups in total. The number of rotatable bonds is 2. The van der Waals surface area contributed by atoms with Crippen molar-refractivity contribution in [2.45, 2.75) is 25.8 Å². The van der Waals surface area contributed by atoms with Crippen molar-refractivity contribution in [1.29, 1.82) is 0 Å². The number of aromatic nitrogens is 4. The number of nitrogens with zero attached hydrogens (tertiary/aromatic N) is 3. The molecule has 0 saturated heterocycles. The molecule has 0 spiro atoms. The van der Waals surface area contributed by atoms with E-state index >= 15 is 0 Å². The smallest absolute Gasteiger partial charge is 0.221 e. The fourth-order valence-corrected chi connectivity index (χ4v) is 3.96. The molecule has 134 valence electrons. The van der Waals surface area contributed by atoms with Crippen LogP contribution in [0.15, 0.2) is 54.9 Å². The van der Waals surface area contributed by atoms with E-state index in [0.29, 0.717) is 13.0 Å². The van der Waals surface area contributed by atoms with Gasteiger partial charge >= 0.3 is 0 Å². The van der Waals surface area contributed by atoms with Crippen LogP contribution in [0.2, 0.25) is 0 Å². The van der Waals surface area contributed by atoms with Gasteiger partial charge in [-0.3, -0.25) is 9.89 Å². The van der Waals surface area contributed by atoms with Crippen molar-refractivity contribution in [1.82, 2.24) is 24.9 Å². The van der Waals surface area contributed by atoms with E-state index < -0.39 is 0 Å². The Morgan fingerprint density at radius 2 is 2.00 bits per heavy atom. The van der Waals surface area contributed by atoms with E-state index in [1.165, 1.54) is 0 Å². The standard InChI is InChI=1S/C21H19N5O/c1-13-6-5-9-26-20-15(10-18(27)22-12-17(20)24-21(13)26)16-11-23-25-19(16)14-7-3-2-4-8-14/h2-9,11,15H,10,12H2,1H3,(H,22,27)(H,23,25). The summed E-state index contributed by atoms with van der Waals surface area (Å²) in [4.78, 5) is 17.3. The molecule has 27 heavy (non-hydrogen) atoms. The molecule has 3 aromatic heterocycles. The Morgan fingerprint density at radius 1 is 1.15 bits per heavy atom. The van der Waals surface area contributed by atoms with Crippen LogP contribution in [0.25, 0.3) is 16.9 Å². The van der Waals surface area contributed by atoms with Crippen LogP contribution in [-0.4, -0.2) is 25.5 Å². The van der Waals surface area contributed by atoms with Gasteiger partial charge in [-0.05, 0) is 24.1 Å². The number of hydrogen-bond acceptors (Lipinski definition) is 3. The number of aromatic amines is 1. The van der Waals surface area contributed by atoms with Crippen LogP contribution in [0.1, 0.15) is 34.9 Å². The number of H-pyrrole nitrogens is 1. The molecule has 0 radical (unpaired) electrons.